The lowest BCUT2D eigenvalue weighted by molar-refractivity contribution is 0.356. The van der Waals surface area contributed by atoms with Crippen LogP contribution in [0.25, 0.3) is 0 Å². The smallest absolute Gasteiger partial charge is 0.224 e. The van der Waals surface area contributed by atoms with Gasteiger partial charge in [-0.1, -0.05) is 13.8 Å². The van der Waals surface area contributed by atoms with Crippen LogP contribution < -0.4 is 5.32 Å². The molecule has 1 rings (SSSR count). The summed E-state index contributed by atoms with van der Waals surface area (Å²) in [6.07, 6.45) is 2.74. The van der Waals surface area contributed by atoms with E-state index in [1.807, 2.05) is 0 Å². The summed E-state index contributed by atoms with van der Waals surface area (Å²) in [5, 5.41) is 3.68. The van der Waals surface area contributed by atoms with Crippen molar-refractivity contribution in [2.45, 2.75) is 26.3 Å². The molecule has 0 radical (unpaired) electrons. The highest BCUT2D eigenvalue weighted by Crippen LogP contribution is 2.22. The predicted molar refractivity (Wildman–Crippen MR) is 80.2 cm³/mol. The van der Waals surface area contributed by atoms with Crippen LogP contribution in [0.2, 0.25) is 5.28 Å². The standard InChI is InChI=1S/C12H20BrClN4/c1-8(2)5-9(7-18(3)4)16-11-10(13)6-15-12(14)17-11/h6,8-9H,5,7H2,1-4H3,(H,15,16,17). The van der Waals surface area contributed by atoms with Crippen LogP contribution in [0.5, 0.6) is 0 Å². The number of rotatable bonds is 6. The molecule has 1 atom stereocenters. The van der Waals surface area contributed by atoms with E-state index in [1.54, 1.807) is 6.20 Å². The summed E-state index contributed by atoms with van der Waals surface area (Å²) >= 11 is 9.25. The van der Waals surface area contributed by atoms with Gasteiger partial charge in [0.15, 0.2) is 0 Å². The van der Waals surface area contributed by atoms with E-state index in [2.05, 4.69) is 64.1 Å². The lowest BCUT2D eigenvalue weighted by Crippen LogP contribution is -2.34. The summed E-state index contributed by atoms with van der Waals surface area (Å²) in [7, 11) is 4.13. The molecule has 0 saturated heterocycles. The van der Waals surface area contributed by atoms with Crippen molar-refractivity contribution in [2.75, 3.05) is 26.0 Å². The molecule has 0 fully saturated rings. The Kier molecular flexibility index (Phi) is 6.32. The Balaban J connectivity index is 2.77. The zero-order valence-corrected chi connectivity index (χ0v) is 13.6. The Labute approximate surface area is 122 Å². The van der Waals surface area contributed by atoms with Crippen LogP contribution in [0.15, 0.2) is 10.7 Å². The molecule has 0 bridgehead atoms. The van der Waals surface area contributed by atoms with Gasteiger partial charge in [-0.05, 0) is 54.0 Å². The maximum absolute atomic E-state index is 5.82. The Morgan fingerprint density at radius 1 is 1.44 bits per heavy atom. The van der Waals surface area contributed by atoms with E-state index < -0.39 is 0 Å². The first-order valence-corrected chi connectivity index (χ1v) is 7.15. The molecule has 1 unspecified atom stereocenters. The van der Waals surface area contributed by atoms with Crippen LogP contribution in [-0.2, 0) is 0 Å². The first-order valence-electron chi connectivity index (χ1n) is 5.97. The first kappa shape index (κ1) is 15.7. The van der Waals surface area contributed by atoms with Crippen LogP contribution >= 0.6 is 27.5 Å². The van der Waals surface area contributed by atoms with Gasteiger partial charge in [-0.2, -0.15) is 4.98 Å². The topological polar surface area (TPSA) is 41.0 Å². The third kappa shape index (κ3) is 5.50. The number of halogens is 2. The summed E-state index contributed by atoms with van der Waals surface area (Å²) in [5.41, 5.74) is 0. The average Bonchev–Trinajstić information content (AvgIpc) is 2.21. The molecule has 18 heavy (non-hydrogen) atoms. The first-order chi connectivity index (χ1) is 8.38. The molecule has 102 valence electrons. The lowest BCUT2D eigenvalue weighted by Gasteiger charge is -2.24. The van der Waals surface area contributed by atoms with E-state index >= 15 is 0 Å². The third-order valence-electron chi connectivity index (χ3n) is 2.40. The molecule has 1 heterocycles. The SMILES string of the molecule is CC(C)CC(CN(C)C)Nc1nc(Cl)ncc1Br. The summed E-state index contributed by atoms with van der Waals surface area (Å²) < 4.78 is 0.833. The van der Waals surface area contributed by atoms with Gasteiger partial charge < -0.3 is 10.2 Å². The molecule has 6 heteroatoms. The van der Waals surface area contributed by atoms with E-state index in [1.165, 1.54) is 0 Å². The van der Waals surface area contributed by atoms with Crippen molar-refractivity contribution < 1.29 is 0 Å². The second-order valence-corrected chi connectivity index (χ2v) is 6.26. The van der Waals surface area contributed by atoms with Crippen molar-refractivity contribution >= 4 is 33.3 Å². The molecule has 0 aliphatic rings. The number of nitrogens with one attached hydrogen (secondary N) is 1. The van der Waals surface area contributed by atoms with Gasteiger partial charge in [0.25, 0.3) is 0 Å². The Hall–Kier alpha value is -0.390. The largest absolute Gasteiger partial charge is 0.365 e. The van der Waals surface area contributed by atoms with E-state index in [0.29, 0.717) is 12.0 Å². The normalized spacial score (nSPS) is 13.1. The number of anilines is 1. The minimum absolute atomic E-state index is 0.258. The van der Waals surface area contributed by atoms with Gasteiger partial charge in [0.2, 0.25) is 5.28 Å². The number of hydrogen-bond acceptors (Lipinski definition) is 4. The molecule has 1 aromatic heterocycles. The van der Waals surface area contributed by atoms with Crippen molar-refractivity contribution in [3.05, 3.63) is 16.0 Å². The second kappa shape index (κ2) is 7.26. The molecular weight excluding hydrogens is 316 g/mol. The van der Waals surface area contributed by atoms with Crippen molar-refractivity contribution in [3.8, 4) is 0 Å². The van der Waals surface area contributed by atoms with E-state index in [4.69, 9.17) is 11.6 Å². The highest BCUT2D eigenvalue weighted by atomic mass is 79.9. The van der Waals surface area contributed by atoms with Crippen molar-refractivity contribution in [3.63, 3.8) is 0 Å². The number of aromatic nitrogens is 2. The summed E-state index contributed by atoms with van der Waals surface area (Å²) in [6.45, 7) is 5.38. The van der Waals surface area contributed by atoms with Crippen molar-refractivity contribution in [1.29, 1.82) is 0 Å². The molecule has 0 aliphatic carbocycles. The molecule has 1 aromatic rings. The molecular formula is C12H20BrClN4. The highest BCUT2D eigenvalue weighted by molar-refractivity contribution is 9.10. The molecule has 0 aromatic carbocycles. The van der Waals surface area contributed by atoms with Gasteiger partial charge >= 0.3 is 0 Å². The van der Waals surface area contributed by atoms with Gasteiger partial charge in [-0.25, -0.2) is 4.98 Å². The fourth-order valence-electron chi connectivity index (χ4n) is 1.83. The van der Waals surface area contributed by atoms with Gasteiger partial charge in [0.05, 0.1) is 4.47 Å². The highest BCUT2D eigenvalue weighted by Gasteiger charge is 2.14. The van der Waals surface area contributed by atoms with Crippen LogP contribution in [0.1, 0.15) is 20.3 Å². The van der Waals surface area contributed by atoms with Gasteiger partial charge in [0, 0.05) is 18.8 Å². The van der Waals surface area contributed by atoms with Crippen LogP contribution in [0, 0.1) is 5.92 Å². The zero-order chi connectivity index (χ0) is 13.7. The number of nitrogens with zero attached hydrogens (tertiary/aromatic N) is 3. The fraction of sp³-hybridized carbons (Fsp3) is 0.667. The van der Waals surface area contributed by atoms with Crippen LogP contribution in [0.3, 0.4) is 0 Å². The third-order valence-corrected chi connectivity index (χ3v) is 3.16. The molecule has 4 nitrogen and oxygen atoms in total. The Morgan fingerprint density at radius 3 is 2.67 bits per heavy atom. The summed E-state index contributed by atoms with van der Waals surface area (Å²) in [5.74, 6) is 1.38. The summed E-state index contributed by atoms with van der Waals surface area (Å²) in [4.78, 5) is 10.3. The zero-order valence-electron chi connectivity index (χ0n) is 11.2. The van der Waals surface area contributed by atoms with Crippen LogP contribution in [-0.4, -0.2) is 41.5 Å². The average molecular weight is 336 g/mol. The van der Waals surface area contributed by atoms with Crippen LogP contribution in [0.4, 0.5) is 5.82 Å². The minimum atomic E-state index is 0.258. The number of hydrogen-bond donors (Lipinski definition) is 1. The minimum Gasteiger partial charge on any atom is -0.365 e. The maximum Gasteiger partial charge on any atom is 0.224 e. The van der Waals surface area contributed by atoms with Crippen molar-refractivity contribution in [2.24, 2.45) is 5.92 Å². The van der Waals surface area contributed by atoms with Gasteiger partial charge in [-0.3, -0.25) is 0 Å². The van der Waals surface area contributed by atoms with E-state index in [-0.39, 0.29) is 5.28 Å². The monoisotopic (exact) mass is 334 g/mol. The Bertz CT molecular complexity index is 374. The van der Waals surface area contributed by atoms with Gasteiger partial charge in [0.1, 0.15) is 5.82 Å². The Morgan fingerprint density at radius 2 is 2.11 bits per heavy atom. The molecule has 1 N–H and O–H groups in total. The maximum atomic E-state index is 5.82. The van der Waals surface area contributed by atoms with E-state index in [9.17, 15) is 0 Å². The molecule has 0 amide bonds. The molecule has 0 saturated carbocycles. The summed E-state index contributed by atoms with van der Waals surface area (Å²) in [6, 6.07) is 0.335. The lowest BCUT2D eigenvalue weighted by atomic mass is 10.0. The quantitative estimate of drug-likeness (QED) is 0.810. The number of likely N-dealkylation sites (N-methyl/N-ethyl adjacent to an activating group) is 1. The van der Waals surface area contributed by atoms with Gasteiger partial charge in [-0.15, -0.1) is 0 Å². The fourth-order valence-corrected chi connectivity index (χ4v) is 2.27. The predicted octanol–water partition coefficient (Wildman–Crippen LogP) is 3.28. The van der Waals surface area contributed by atoms with E-state index in [0.717, 1.165) is 23.3 Å². The molecule has 0 spiro atoms. The van der Waals surface area contributed by atoms with Crippen molar-refractivity contribution in [1.82, 2.24) is 14.9 Å². The second-order valence-electron chi connectivity index (χ2n) is 5.07. The molecule has 0 aliphatic heterocycles.